The molecule has 0 amide bonds. The van der Waals surface area contributed by atoms with Gasteiger partial charge < -0.3 is 0 Å². The fraction of sp³-hybridized carbons (Fsp3) is 0.111. The molecular weight excluding hydrogens is 278 g/mol. The van der Waals surface area contributed by atoms with Crippen LogP contribution < -0.4 is 0 Å². The SMILES string of the molecule is O=NC1=CC(=O)C(C2Cc3cccc4cccc2c34)=CC1=O. The Morgan fingerprint density at radius 3 is 2.50 bits per heavy atom. The Kier molecular flexibility index (Phi) is 2.66. The van der Waals surface area contributed by atoms with Gasteiger partial charge in [0.1, 0.15) is 0 Å². The molecule has 0 aliphatic heterocycles. The van der Waals surface area contributed by atoms with E-state index in [1.807, 2.05) is 30.3 Å². The van der Waals surface area contributed by atoms with E-state index >= 15 is 0 Å². The van der Waals surface area contributed by atoms with Crippen molar-refractivity contribution in [3.63, 3.8) is 0 Å². The first-order valence-corrected chi connectivity index (χ1v) is 7.05. The van der Waals surface area contributed by atoms with Crippen LogP contribution in [0.5, 0.6) is 0 Å². The topological polar surface area (TPSA) is 63.6 Å². The van der Waals surface area contributed by atoms with E-state index < -0.39 is 5.78 Å². The zero-order chi connectivity index (χ0) is 15.3. The zero-order valence-corrected chi connectivity index (χ0v) is 11.6. The summed E-state index contributed by atoms with van der Waals surface area (Å²) >= 11 is 0. The smallest absolute Gasteiger partial charge is 0.208 e. The van der Waals surface area contributed by atoms with E-state index in [2.05, 4.69) is 11.2 Å². The van der Waals surface area contributed by atoms with Crippen LogP contribution >= 0.6 is 0 Å². The fourth-order valence-electron chi connectivity index (χ4n) is 3.43. The molecule has 4 heteroatoms. The summed E-state index contributed by atoms with van der Waals surface area (Å²) in [6.07, 6.45) is 3.02. The van der Waals surface area contributed by atoms with Gasteiger partial charge in [-0.2, -0.15) is 0 Å². The Labute approximate surface area is 126 Å². The van der Waals surface area contributed by atoms with Crippen molar-refractivity contribution < 1.29 is 9.59 Å². The number of benzene rings is 2. The predicted molar refractivity (Wildman–Crippen MR) is 82.4 cm³/mol. The molecule has 0 radical (unpaired) electrons. The Bertz CT molecular complexity index is 916. The number of rotatable bonds is 2. The average molecular weight is 289 g/mol. The molecule has 2 aliphatic carbocycles. The van der Waals surface area contributed by atoms with Crippen LogP contribution in [0.25, 0.3) is 10.8 Å². The molecule has 0 aromatic heterocycles. The third-order valence-corrected chi connectivity index (χ3v) is 4.39. The summed E-state index contributed by atoms with van der Waals surface area (Å²) < 4.78 is 0. The molecule has 0 saturated carbocycles. The number of allylic oxidation sites excluding steroid dienone is 3. The molecule has 2 aromatic carbocycles. The van der Waals surface area contributed by atoms with Crippen molar-refractivity contribution in [1.82, 2.24) is 0 Å². The lowest BCUT2D eigenvalue weighted by molar-refractivity contribution is -0.115. The molecule has 0 fully saturated rings. The Balaban J connectivity index is 1.85. The van der Waals surface area contributed by atoms with Gasteiger partial charge in [-0.1, -0.05) is 36.4 Å². The zero-order valence-electron chi connectivity index (χ0n) is 11.6. The summed E-state index contributed by atoms with van der Waals surface area (Å²) in [5, 5.41) is 4.92. The second-order valence-corrected chi connectivity index (χ2v) is 5.57. The molecular formula is C18H11NO3. The standard InChI is InChI=1S/C18H11NO3/c20-16-9-15(19-22)17(21)8-14(16)13-7-11-5-1-3-10-4-2-6-12(13)18(10)11/h1-6,8-9,13H,7H2. The maximum atomic E-state index is 12.3. The van der Waals surface area contributed by atoms with Gasteiger partial charge in [0.15, 0.2) is 11.5 Å². The maximum absolute atomic E-state index is 12.3. The van der Waals surface area contributed by atoms with Crippen LogP contribution in [0.15, 0.2) is 65.0 Å². The minimum absolute atomic E-state index is 0.137. The third-order valence-electron chi connectivity index (χ3n) is 4.39. The van der Waals surface area contributed by atoms with Gasteiger partial charge in [-0.25, -0.2) is 0 Å². The van der Waals surface area contributed by atoms with Crippen molar-refractivity contribution in [2.45, 2.75) is 12.3 Å². The molecule has 1 atom stereocenters. The van der Waals surface area contributed by atoms with E-state index in [0.29, 0.717) is 12.0 Å². The summed E-state index contributed by atoms with van der Waals surface area (Å²) in [6, 6.07) is 12.1. The maximum Gasteiger partial charge on any atom is 0.208 e. The van der Waals surface area contributed by atoms with Crippen LogP contribution in [0, 0.1) is 4.91 Å². The minimum Gasteiger partial charge on any atom is -0.290 e. The summed E-state index contributed by atoms with van der Waals surface area (Å²) in [7, 11) is 0. The van der Waals surface area contributed by atoms with E-state index in [0.717, 1.165) is 17.0 Å². The first-order valence-electron chi connectivity index (χ1n) is 7.05. The molecule has 0 spiro atoms. The molecule has 2 aromatic rings. The highest BCUT2D eigenvalue weighted by Gasteiger charge is 2.32. The lowest BCUT2D eigenvalue weighted by atomic mass is 9.85. The first kappa shape index (κ1) is 12.8. The van der Waals surface area contributed by atoms with Crippen LogP contribution in [0.2, 0.25) is 0 Å². The van der Waals surface area contributed by atoms with Crippen molar-refractivity contribution >= 4 is 22.3 Å². The lowest BCUT2D eigenvalue weighted by Gasteiger charge is -2.16. The Morgan fingerprint density at radius 2 is 1.73 bits per heavy atom. The van der Waals surface area contributed by atoms with Crippen molar-refractivity contribution in [1.29, 1.82) is 0 Å². The normalized spacial score (nSPS) is 20.1. The highest BCUT2D eigenvalue weighted by Crippen LogP contribution is 2.42. The second-order valence-electron chi connectivity index (χ2n) is 5.57. The van der Waals surface area contributed by atoms with E-state index in [1.54, 1.807) is 0 Å². The predicted octanol–water partition coefficient (Wildman–Crippen LogP) is 3.21. The van der Waals surface area contributed by atoms with Crippen LogP contribution in [-0.4, -0.2) is 11.6 Å². The minimum atomic E-state index is -0.493. The van der Waals surface area contributed by atoms with Crippen LogP contribution in [-0.2, 0) is 16.0 Å². The molecule has 0 heterocycles. The quantitative estimate of drug-likeness (QED) is 0.630. The van der Waals surface area contributed by atoms with Gasteiger partial charge in [0.25, 0.3) is 0 Å². The fourth-order valence-corrected chi connectivity index (χ4v) is 3.43. The number of ketones is 2. The number of nitrogens with zero attached hydrogens (tertiary/aromatic N) is 1. The molecule has 1 unspecified atom stereocenters. The number of carbonyl (C=O) groups is 2. The van der Waals surface area contributed by atoms with E-state index in [1.165, 1.54) is 17.0 Å². The molecule has 4 rings (SSSR count). The van der Waals surface area contributed by atoms with Gasteiger partial charge in [0, 0.05) is 17.6 Å². The third kappa shape index (κ3) is 1.70. The van der Waals surface area contributed by atoms with Crippen molar-refractivity contribution in [3.8, 4) is 0 Å². The molecule has 0 N–H and O–H groups in total. The number of hydrogen-bond donors (Lipinski definition) is 0. The van der Waals surface area contributed by atoms with E-state index in [9.17, 15) is 14.5 Å². The number of carbonyl (C=O) groups excluding carboxylic acids is 2. The summed E-state index contributed by atoms with van der Waals surface area (Å²) in [6.45, 7) is 0. The molecule has 4 nitrogen and oxygen atoms in total. The van der Waals surface area contributed by atoms with Gasteiger partial charge in [-0.3, -0.25) is 9.59 Å². The average Bonchev–Trinajstić information content (AvgIpc) is 2.90. The molecule has 2 aliphatic rings. The monoisotopic (exact) mass is 289 g/mol. The van der Waals surface area contributed by atoms with Crippen LogP contribution in [0.3, 0.4) is 0 Å². The van der Waals surface area contributed by atoms with Crippen LogP contribution in [0.4, 0.5) is 0 Å². The number of hydrogen-bond acceptors (Lipinski definition) is 4. The van der Waals surface area contributed by atoms with Gasteiger partial charge in [-0.05, 0) is 39.6 Å². The number of nitroso groups, excluding NO2 is 1. The summed E-state index contributed by atoms with van der Waals surface area (Å²) in [5.74, 6) is -0.932. The van der Waals surface area contributed by atoms with Gasteiger partial charge in [0.2, 0.25) is 5.78 Å². The van der Waals surface area contributed by atoms with Crippen molar-refractivity contribution in [2.24, 2.45) is 5.18 Å². The molecule has 0 saturated heterocycles. The Morgan fingerprint density at radius 1 is 0.955 bits per heavy atom. The highest BCUT2D eigenvalue weighted by molar-refractivity contribution is 6.20. The molecule has 106 valence electrons. The molecule has 22 heavy (non-hydrogen) atoms. The first-order chi connectivity index (χ1) is 10.7. The van der Waals surface area contributed by atoms with Gasteiger partial charge in [0.05, 0.1) is 0 Å². The van der Waals surface area contributed by atoms with Crippen molar-refractivity contribution in [3.05, 3.63) is 75.9 Å². The largest absolute Gasteiger partial charge is 0.290 e. The second kappa shape index (κ2) is 4.56. The van der Waals surface area contributed by atoms with E-state index in [-0.39, 0.29) is 17.4 Å². The highest BCUT2D eigenvalue weighted by atomic mass is 16.3. The Hall–Kier alpha value is -2.88. The molecule has 0 bridgehead atoms. The van der Waals surface area contributed by atoms with E-state index in [4.69, 9.17) is 0 Å². The summed E-state index contributed by atoms with van der Waals surface area (Å²) in [5.41, 5.74) is 2.38. The van der Waals surface area contributed by atoms with Gasteiger partial charge in [-0.15, -0.1) is 4.91 Å². The summed E-state index contributed by atoms with van der Waals surface area (Å²) in [4.78, 5) is 34.7. The van der Waals surface area contributed by atoms with Crippen LogP contribution in [0.1, 0.15) is 17.0 Å². The van der Waals surface area contributed by atoms with Crippen molar-refractivity contribution in [2.75, 3.05) is 0 Å². The van der Waals surface area contributed by atoms with Gasteiger partial charge >= 0.3 is 0 Å². The lowest BCUT2D eigenvalue weighted by Crippen LogP contribution is -2.17.